The van der Waals surface area contributed by atoms with Gasteiger partial charge in [-0.2, -0.15) is 0 Å². The van der Waals surface area contributed by atoms with E-state index in [1.165, 1.54) is 0 Å². The first-order valence-corrected chi connectivity index (χ1v) is 6.36. The van der Waals surface area contributed by atoms with E-state index >= 15 is 0 Å². The molecule has 5 heteroatoms. The van der Waals surface area contributed by atoms with Gasteiger partial charge in [0.05, 0.1) is 0 Å². The molecule has 1 fully saturated rings. The third-order valence-corrected chi connectivity index (χ3v) is 2.98. The van der Waals surface area contributed by atoms with Crippen molar-refractivity contribution in [2.24, 2.45) is 0 Å². The minimum atomic E-state index is -0.559. The van der Waals surface area contributed by atoms with Crippen molar-refractivity contribution in [1.82, 2.24) is 10.6 Å². The topological polar surface area (TPSA) is 58.2 Å². The fourth-order valence-corrected chi connectivity index (χ4v) is 1.66. The third kappa shape index (κ3) is 4.04. The zero-order chi connectivity index (χ0) is 13.0. The number of halogens is 1. The quantitative estimate of drug-likeness (QED) is 0.807. The molecule has 2 rings (SSSR count). The van der Waals surface area contributed by atoms with Gasteiger partial charge in [0.25, 0.3) is 0 Å². The van der Waals surface area contributed by atoms with E-state index in [0.717, 1.165) is 18.4 Å². The minimum Gasteiger partial charge on any atom is -0.348 e. The summed E-state index contributed by atoms with van der Waals surface area (Å²) in [6, 6.07) is 7.62. The molecule has 1 saturated carbocycles. The summed E-state index contributed by atoms with van der Waals surface area (Å²) in [7, 11) is 0. The zero-order valence-corrected chi connectivity index (χ0v) is 10.7. The molecule has 1 aromatic carbocycles. The largest absolute Gasteiger partial charge is 0.348 e. The van der Waals surface area contributed by atoms with Crippen LogP contribution >= 0.6 is 11.6 Å². The minimum absolute atomic E-state index is 0.208. The van der Waals surface area contributed by atoms with Crippen LogP contribution in [0.15, 0.2) is 24.3 Å². The lowest BCUT2D eigenvalue weighted by molar-refractivity contribution is -0.139. The first-order valence-electron chi connectivity index (χ1n) is 5.98. The van der Waals surface area contributed by atoms with Crippen molar-refractivity contribution in [2.45, 2.75) is 25.3 Å². The summed E-state index contributed by atoms with van der Waals surface area (Å²) < 4.78 is 0. The van der Waals surface area contributed by atoms with Crippen molar-refractivity contribution < 1.29 is 9.59 Å². The number of nitrogens with one attached hydrogen (secondary N) is 2. The second-order valence-corrected chi connectivity index (χ2v) is 4.82. The van der Waals surface area contributed by atoms with Crippen LogP contribution in [-0.4, -0.2) is 24.4 Å². The Morgan fingerprint density at radius 1 is 1.17 bits per heavy atom. The Labute approximate surface area is 111 Å². The Balaban J connectivity index is 1.69. The lowest BCUT2D eigenvalue weighted by Crippen LogP contribution is -2.41. The molecule has 1 aromatic rings. The van der Waals surface area contributed by atoms with Crippen LogP contribution in [0.2, 0.25) is 5.02 Å². The maximum atomic E-state index is 11.4. The smallest absolute Gasteiger partial charge is 0.309 e. The molecule has 0 spiro atoms. The van der Waals surface area contributed by atoms with Crippen molar-refractivity contribution in [3.8, 4) is 0 Å². The van der Waals surface area contributed by atoms with Gasteiger partial charge in [0, 0.05) is 17.6 Å². The summed E-state index contributed by atoms with van der Waals surface area (Å²) in [5, 5.41) is 5.92. The lowest BCUT2D eigenvalue weighted by Gasteiger charge is -2.05. The summed E-state index contributed by atoms with van der Waals surface area (Å²) in [5.74, 6) is -1.09. The van der Waals surface area contributed by atoms with Crippen LogP contribution in [0, 0.1) is 0 Å². The fourth-order valence-electron chi connectivity index (χ4n) is 1.53. The average molecular weight is 267 g/mol. The predicted octanol–water partition coefficient (Wildman–Crippen LogP) is 1.28. The van der Waals surface area contributed by atoms with E-state index in [0.29, 0.717) is 18.0 Å². The number of amides is 2. The van der Waals surface area contributed by atoms with Gasteiger partial charge in [0.1, 0.15) is 0 Å². The Morgan fingerprint density at radius 3 is 2.44 bits per heavy atom. The Morgan fingerprint density at radius 2 is 1.83 bits per heavy atom. The molecule has 0 unspecified atom stereocenters. The van der Waals surface area contributed by atoms with E-state index in [2.05, 4.69) is 10.6 Å². The van der Waals surface area contributed by atoms with Crippen LogP contribution in [0.3, 0.4) is 0 Å². The highest BCUT2D eigenvalue weighted by molar-refractivity contribution is 6.35. The second-order valence-electron chi connectivity index (χ2n) is 4.38. The molecule has 0 aromatic heterocycles. The fraction of sp³-hybridized carbons (Fsp3) is 0.385. The maximum absolute atomic E-state index is 11.4. The molecule has 18 heavy (non-hydrogen) atoms. The van der Waals surface area contributed by atoms with Crippen molar-refractivity contribution in [3.05, 3.63) is 34.9 Å². The highest BCUT2D eigenvalue weighted by Gasteiger charge is 2.25. The highest BCUT2D eigenvalue weighted by atomic mass is 35.5. The van der Waals surface area contributed by atoms with Gasteiger partial charge in [-0.1, -0.05) is 23.7 Å². The molecule has 1 aliphatic rings. The average Bonchev–Trinajstić information content (AvgIpc) is 3.15. The normalized spacial score (nSPS) is 14.1. The van der Waals surface area contributed by atoms with Gasteiger partial charge in [0.2, 0.25) is 0 Å². The Kier molecular flexibility index (Phi) is 4.20. The number of hydrogen-bond donors (Lipinski definition) is 2. The number of hydrogen-bond acceptors (Lipinski definition) is 2. The molecule has 0 bridgehead atoms. The number of carbonyl (C=O) groups excluding carboxylic acids is 2. The van der Waals surface area contributed by atoms with Crippen LogP contribution in [-0.2, 0) is 16.0 Å². The van der Waals surface area contributed by atoms with Gasteiger partial charge < -0.3 is 10.6 Å². The van der Waals surface area contributed by atoms with Crippen molar-refractivity contribution in [1.29, 1.82) is 0 Å². The summed E-state index contributed by atoms with van der Waals surface area (Å²) in [4.78, 5) is 22.7. The van der Waals surface area contributed by atoms with Crippen LogP contribution in [0.25, 0.3) is 0 Å². The molecule has 4 nitrogen and oxygen atoms in total. The highest BCUT2D eigenvalue weighted by Crippen LogP contribution is 2.18. The number of carbonyl (C=O) groups is 2. The van der Waals surface area contributed by atoms with E-state index in [4.69, 9.17) is 11.6 Å². The Bertz CT molecular complexity index is 441. The molecule has 0 heterocycles. The van der Waals surface area contributed by atoms with Gasteiger partial charge >= 0.3 is 11.8 Å². The molecule has 96 valence electrons. The second kappa shape index (κ2) is 5.87. The molecular formula is C13H15ClN2O2. The summed E-state index contributed by atoms with van der Waals surface area (Å²) in [6.07, 6.45) is 2.63. The van der Waals surface area contributed by atoms with Crippen LogP contribution < -0.4 is 10.6 Å². The summed E-state index contributed by atoms with van der Waals surface area (Å²) >= 11 is 5.77. The standard InChI is InChI=1S/C13H15ClN2O2/c14-10-3-1-9(2-4-10)7-8-15-12(17)13(18)16-11-5-6-11/h1-4,11H,5-8H2,(H,15,17)(H,16,18). The SMILES string of the molecule is O=C(NCCc1ccc(Cl)cc1)C(=O)NC1CC1. The number of rotatable bonds is 4. The van der Waals surface area contributed by atoms with E-state index in [1.807, 2.05) is 12.1 Å². The van der Waals surface area contributed by atoms with E-state index in [1.54, 1.807) is 12.1 Å². The van der Waals surface area contributed by atoms with E-state index in [9.17, 15) is 9.59 Å². The molecule has 2 amide bonds. The van der Waals surface area contributed by atoms with Gasteiger partial charge in [-0.15, -0.1) is 0 Å². The van der Waals surface area contributed by atoms with E-state index in [-0.39, 0.29) is 6.04 Å². The molecule has 0 atom stereocenters. The van der Waals surface area contributed by atoms with Crippen LogP contribution in [0.5, 0.6) is 0 Å². The van der Waals surface area contributed by atoms with Gasteiger partial charge in [0.15, 0.2) is 0 Å². The lowest BCUT2D eigenvalue weighted by atomic mass is 10.1. The molecule has 0 radical (unpaired) electrons. The first kappa shape index (κ1) is 12.9. The maximum Gasteiger partial charge on any atom is 0.309 e. The van der Waals surface area contributed by atoms with E-state index < -0.39 is 11.8 Å². The molecule has 0 aliphatic heterocycles. The summed E-state index contributed by atoms with van der Waals surface area (Å²) in [6.45, 7) is 0.443. The molecular weight excluding hydrogens is 252 g/mol. The van der Waals surface area contributed by atoms with Crippen molar-refractivity contribution in [2.75, 3.05) is 6.54 Å². The molecule has 1 aliphatic carbocycles. The third-order valence-electron chi connectivity index (χ3n) is 2.73. The molecule has 0 saturated heterocycles. The predicted molar refractivity (Wildman–Crippen MR) is 69.3 cm³/mol. The molecule has 2 N–H and O–H groups in total. The van der Waals surface area contributed by atoms with Crippen molar-refractivity contribution >= 4 is 23.4 Å². The van der Waals surface area contributed by atoms with Gasteiger partial charge in [-0.25, -0.2) is 0 Å². The van der Waals surface area contributed by atoms with Gasteiger partial charge in [-0.3, -0.25) is 9.59 Å². The zero-order valence-electron chi connectivity index (χ0n) is 9.91. The van der Waals surface area contributed by atoms with Crippen molar-refractivity contribution in [3.63, 3.8) is 0 Å². The monoisotopic (exact) mass is 266 g/mol. The van der Waals surface area contributed by atoms with Gasteiger partial charge in [-0.05, 0) is 37.0 Å². The summed E-state index contributed by atoms with van der Waals surface area (Å²) in [5.41, 5.74) is 1.07. The number of benzene rings is 1. The first-order chi connectivity index (χ1) is 8.65. The Hall–Kier alpha value is -1.55. The van der Waals surface area contributed by atoms with Crippen LogP contribution in [0.4, 0.5) is 0 Å². The van der Waals surface area contributed by atoms with Crippen LogP contribution in [0.1, 0.15) is 18.4 Å².